The normalized spacial score (nSPS) is 11.3. The van der Waals surface area contributed by atoms with Gasteiger partial charge in [0.25, 0.3) is 0 Å². The molecule has 9 heavy (non-hydrogen) atoms. The van der Waals surface area contributed by atoms with Gasteiger partial charge in [-0.15, -0.1) is 0 Å². The molecule has 0 rings (SSSR count). The fraction of sp³-hybridized carbons (Fsp3) is 0.286. The Hall–Kier alpha value is -0.120. The van der Waals surface area contributed by atoms with Gasteiger partial charge < -0.3 is 5.41 Å². The highest BCUT2D eigenvalue weighted by Crippen LogP contribution is 1.87. The molecule has 0 aliphatic carbocycles. The summed E-state index contributed by atoms with van der Waals surface area (Å²) in [7, 11) is 0. The summed E-state index contributed by atoms with van der Waals surface area (Å²) in [5.74, 6) is 0. The molecule has 0 spiro atoms. The van der Waals surface area contributed by atoms with Gasteiger partial charge in [-0.1, -0.05) is 41.7 Å². The van der Waals surface area contributed by atoms with Crippen LogP contribution in [0.2, 0.25) is 0 Å². The Morgan fingerprint density at radius 1 is 1.56 bits per heavy atom. The zero-order valence-corrected chi connectivity index (χ0v) is 7.55. The number of allylic oxidation sites excluding steroid dienone is 3. The van der Waals surface area contributed by atoms with Crippen molar-refractivity contribution in [3.8, 4) is 0 Å². The molecule has 1 nitrogen and oxygen atoms in total. The van der Waals surface area contributed by atoms with E-state index in [4.69, 9.17) is 5.41 Å². The smallest absolute Gasteiger partial charge is 0.0311 e. The van der Waals surface area contributed by atoms with Crippen molar-refractivity contribution in [1.29, 1.82) is 5.41 Å². The highest BCUT2D eigenvalue weighted by molar-refractivity contribution is 14.1. The molecule has 0 amide bonds. The lowest BCUT2D eigenvalue weighted by Gasteiger charge is -1.84. The maximum atomic E-state index is 7.19. The summed E-state index contributed by atoms with van der Waals surface area (Å²) in [4.78, 5) is 0. The first kappa shape index (κ1) is 8.88. The molecule has 1 N–H and O–H groups in total. The number of hydrogen-bond acceptors (Lipinski definition) is 1. The molecular weight excluding hydrogens is 225 g/mol. The molecule has 0 aliphatic rings. The fourth-order valence-electron chi connectivity index (χ4n) is 0.332. The lowest BCUT2D eigenvalue weighted by molar-refractivity contribution is 1.26. The summed E-state index contributed by atoms with van der Waals surface area (Å²) in [6.45, 7) is 1.97. The summed E-state index contributed by atoms with van der Waals surface area (Å²) in [6, 6.07) is 0. The van der Waals surface area contributed by atoms with Gasteiger partial charge >= 0.3 is 0 Å². The first-order valence-corrected chi connectivity index (χ1v) is 4.06. The predicted molar refractivity (Wildman–Crippen MR) is 50.3 cm³/mol. The summed E-state index contributed by atoms with van der Waals surface area (Å²) in [5.41, 5.74) is 0.671. The van der Waals surface area contributed by atoms with Gasteiger partial charge in [0.2, 0.25) is 0 Å². The molecule has 0 radical (unpaired) electrons. The molecule has 2 heteroatoms. The summed E-state index contributed by atoms with van der Waals surface area (Å²) in [6.07, 6.45) is 6.39. The Morgan fingerprint density at radius 2 is 2.22 bits per heavy atom. The van der Waals surface area contributed by atoms with Crippen molar-refractivity contribution >= 4 is 28.3 Å². The predicted octanol–water partition coefficient (Wildman–Crippen LogP) is 2.92. The zero-order valence-electron chi connectivity index (χ0n) is 5.39. The van der Waals surface area contributed by atoms with E-state index in [1.807, 2.05) is 23.2 Å². The van der Waals surface area contributed by atoms with Crippen molar-refractivity contribution in [3.05, 3.63) is 22.3 Å². The van der Waals surface area contributed by atoms with Gasteiger partial charge in [0.1, 0.15) is 0 Å². The van der Waals surface area contributed by atoms with Crippen molar-refractivity contribution < 1.29 is 0 Å². The molecule has 0 aromatic rings. The van der Waals surface area contributed by atoms with E-state index in [0.717, 1.165) is 6.42 Å². The van der Waals surface area contributed by atoms with Gasteiger partial charge in [-0.05, 0) is 16.6 Å². The van der Waals surface area contributed by atoms with Crippen LogP contribution in [0, 0.1) is 5.41 Å². The van der Waals surface area contributed by atoms with Crippen molar-refractivity contribution in [2.75, 3.05) is 0 Å². The van der Waals surface area contributed by atoms with Gasteiger partial charge in [0.15, 0.2) is 0 Å². The molecule has 0 saturated heterocycles. The van der Waals surface area contributed by atoms with Crippen molar-refractivity contribution in [3.63, 3.8) is 0 Å². The topological polar surface area (TPSA) is 23.9 Å². The average molecular weight is 235 g/mol. The molecule has 50 valence electrons. The first-order valence-electron chi connectivity index (χ1n) is 2.82. The van der Waals surface area contributed by atoms with E-state index in [2.05, 4.69) is 22.6 Å². The van der Waals surface area contributed by atoms with Crippen LogP contribution in [0.4, 0.5) is 0 Å². The molecule has 0 fully saturated rings. The largest absolute Gasteiger partial charge is 0.305 e. The van der Waals surface area contributed by atoms with Crippen molar-refractivity contribution in [2.45, 2.75) is 13.3 Å². The van der Waals surface area contributed by atoms with Crippen LogP contribution in [0.25, 0.3) is 0 Å². The third kappa shape index (κ3) is 5.76. The Balaban J connectivity index is 3.57. The molecule has 0 unspecified atom stereocenters. The summed E-state index contributed by atoms with van der Waals surface area (Å²) < 4.78 is 1.91. The lowest BCUT2D eigenvalue weighted by atomic mass is 10.3. The van der Waals surface area contributed by atoms with Crippen LogP contribution in [0.5, 0.6) is 0 Å². The van der Waals surface area contributed by atoms with Crippen LogP contribution in [0.1, 0.15) is 13.3 Å². The molecule has 0 aromatic carbocycles. The molecule has 0 aromatic heterocycles. The number of rotatable bonds is 3. The van der Waals surface area contributed by atoms with E-state index in [1.165, 1.54) is 0 Å². The highest BCUT2D eigenvalue weighted by Gasteiger charge is 1.79. The third-order valence-electron chi connectivity index (χ3n) is 0.862. The van der Waals surface area contributed by atoms with E-state index < -0.39 is 0 Å². The molecule has 0 atom stereocenters. The monoisotopic (exact) mass is 235 g/mol. The van der Waals surface area contributed by atoms with Gasteiger partial charge in [-0.3, -0.25) is 0 Å². The minimum absolute atomic E-state index is 0.671. The maximum absolute atomic E-state index is 7.19. The standard InChI is InChI=1S/C7H10IN/c1-2-7(9)5-3-4-6-8/h3-6,9H,2H2,1H3/b5-3-,6-4-,9-7?. The van der Waals surface area contributed by atoms with E-state index in [0.29, 0.717) is 5.71 Å². The minimum atomic E-state index is 0.671. The van der Waals surface area contributed by atoms with Gasteiger partial charge in [-0.2, -0.15) is 0 Å². The Bertz CT molecular complexity index is 136. The average Bonchev–Trinajstić information content (AvgIpc) is 1.89. The van der Waals surface area contributed by atoms with Crippen molar-refractivity contribution in [1.82, 2.24) is 0 Å². The summed E-state index contributed by atoms with van der Waals surface area (Å²) >= 11 is 2.14. The maximum Gasteiger partial charge on any atom is 0.0311 e. The molecule has 0 aliphatic heterocycles. The second-order valence-electron chi connectivity index (χ2n) is 1.56. The second kappa shape index (κ2) is 6.01. The number of halogens is 1. The molecule has 0 bridgehead atoms. The van der Waals surface area contributed by atoms with Crippen LogP contribution in [0.15, 0.2) is 22.3 Å². The molecular formula is C7H10IN. The van der Waals surface area contributed by atoms with E-state index in [1.54, 1.807) is 6.08 Å². The number of hydrogen-bond donors (Lipinski definition) is 1. The molecule has 0 heterocycles. The Morgan fingerprint density at radius 3 is 2.67 bits per heavy atom. The van der Waals surface area contributed by atoms with E-state index >= 15 is 0 Å². The first-order chi connectivity index (χ1) is 4.31. The Kier molecular flexibility index (Phi) is 5.93. The second-order valence-corrected chi connectivity index (χ2v) is 2.28. The van der Waals surface area contributed by atoms with Gasteiger partial charge in [-0.25, -0.2) is 0 Å². The highest BCUT2D eigenvalue weighted by atomic mass is 127. The van der Waals surface area contributed by atoms with Crippen LogP contribution < -0.4 is 0 Å². The number of nitrogens with one attached hydrogen (secondary N) is 1. The van der Waals surface area contributed by atoms with Crippen molar-refractivity contribution in [2.24, 2.45) is 0 Å². The quantitative estimate of drug-likeness (QED) is 0.441. The van der Waals surface area contributed by atoms with Crippen LogP contribution in [0.3, 0.4) is 0 Å². The van der Waals surface area contributed by atoms with Crippen LogP contribution in [-0.4, -0.2) is 5.71 Å². The van der Waals surface area contributed by atoms with Crippen LogP contribution >= 0.6 is 22.6 Å². The third-order valence-corrected chi connectivity index (χ3v) is 1.28. The van der Waals surface area contributed by atoms with Gasteiger partial charge in [0.05, 0.1) is 0 Å². The zero-order chi connectivity index (χ0) is 7.11. The fourth-order valence-corrected chi connectivity index (χ4v) is 0.571. The molecule has 0 saturated carbocycles. The summed E-state index contributed by atoms with van der Waals surface area (Å²) in [5, 5.41) is 7.19. The SMILES string of the molecule is CCC(=N)/C=C\C=C/I. The van der Waals surface area contributed by atoms with E-state index in [9.17, 15) is 0 Å². The van der Waals surface area contributed by atoms with Crippen LogP contribution in [-0.2, 0) is 0 Å². The minimum Gasteiger partial charge on any atom is -0.305 e. The Labute approximate surface area is 69.5 Å². The lowest BCUT2D eigenvalue weighted by Crippen LogP contribution is -1.83. The van der Waals surface area contributed by atoms with Gasteiger partial charge in [0, 0.05) is 5.71 Å². The van der Waals surface area contributed by atoms with E-state index in [-0.39, 0.29) is 0 Å².